The zero-order valence-electron chi connectivity index (χ0n) is 16.9. The van der Waals surface area contributed by atoms with Gasteiger partial charge in [0.05, 0.1) is 13.2 Å². The van der Waals surface area contributed by atoms with Gasteiger partial charge in [0.15, 0.2) is 0 Å². The summed E-state index contributed by atoms with van der Waals surface area (Å²) in [7, 11) is 1.67. The maximum atomic E-state index is 11.0. The van der Waals surface area contributed by atoms with E-state index in [0.29, 0.717) is 0 Å². The molecule has 4 rings (SSSR count). The molecule has 0 aliphatic heterocycles. The number of carbonyl (C=O) groups is 1. The molecule has 1 unspecified atom stereocenters. The first kappa shape index (κ1) is 19.5. The molecule has 30 heavy (non-hydrogen) atoms. The van der Waals surface area contributed by atoms with Gasteiger partial charge in [0.1, 0.15) is 5.75 Å². The number of benzene rings is 3. The molecule has 0 bridgehead atoms. The van der Waals surface area contributed by atoms with Crippen LogP contribution in [0, 0.1) is 0 Å². The Kier molecular flexibility index (Phi) is 5.40. The van der Waals surface area contributed by atoms with Gasteiger partial charge in [0, 0.05) is 23.2 Å². The third kappa shape index (κ3) is 3.85. The van der Waals surface area contributed by atoms with Crippen LogP contribution in [0.25, 0.3) is 16.5 Å². The van der Waals surface area contributed by atoms with Gasteiger partial charge in [-0.15, -0.1) is 0 Å². The Bertz CT molecular complexity index is 1200. The number of rotatable bonds is 6. The maximum absolute atomic E-state index is 11.0. The highest BCUT2D eigenvalue weighted by Gasteiger charge is 2.18. The van der Waals surface area contributed by atoms with Gasteiger partial charge in [-0.05, 0) is 59.5 Å². The minimum atomic E-state index is -0.936. The summed E-state index contributed by atoms with van der Waals surface area (Å²) in [4.78, 5) is 11.0. The van der Waals surface area contributed by atoms with Crippen LogP contribution in [0.15, 0.2) is 91.1 Å². The molecule has 0 aliphatic rings. The number of carboxylic acids is 1. The summed E-state index contributed by atoms with van der Waals surface area (Å²) in [5.74, 6) is -0.109. The summed E-state index contributed by atoms with van der Waals surface area (Å²) in [6, 6.07) is 26.7. The monoisotopic (exact) mass is 397 g/mol. The van der Waals surface area contributed by atoms with Crippen molar-refractivity contribution in [3.63, 3.8) is 0 Å². The summed E-state index contributed by atoms with van der Waals surface area (Å²) >= 11 is 0. The van der Waals surface area contributed by atoms with Crippen molar-refractivity contribution in [1.82, 2.24) is 4.57 Å². The molecule has 0 saturated heterocycles. The molecule has 150 valence electrons. The van der Waals surface area contributed by atoms with E-state index >= 15 is 0 Å². The second-order valence-electron chi connectivity index (χ2n) is 7.25. The van der Waals surface area contributed by atoms with Crippen LogP contribution in [0.3, 0.4) is 0 Å². The van der Waals surface area contributed by atoms with E-state index in [0.717, 1.165) is 33.4 Å². The number of fused-ring (bicyclic) bond motifs is 1. The predicted octanol–water partition coefficient (Wildman–Crippen LogP) is 5.78. The van der Waals surface area contributed by atoms with E-state index in [1.54, 1.807) is 7.11 Å². The number of nitrogens with zero attached hydrogens (tertiary/aromatic N) is 1. The van der Waals surface area contributed by atoms with Crippen LogP contribution in [0.2, 0.25) is 0 Å². The first-order chi connectivity index (χ1) is 14.6. The van der Waals surface area contributed by atoms with E-state index in [4.69, 9.17) is 9.84 Å². The molecule has 0 aliphatic carbocycles. The average Bonchev–Trinajstić information content (AvgIpc) is 3.18. The number of methoxy groups -OCH3 is 1. The minimum absolute atomic E-state index is 0.0103. The lowest BCUT2D eigenvalue weighted by Crippen LogP contribution is -2.11. The average molecular weight is 397 g/mol. The first-order valence-corrected chi connectivity index (χ1v) is 9.78. The van der Waals surface area contributed by atoms with Crippen LogP contribution in [0.4, 0.5) is 0 Å². The molecule has 0 radical (unpaired) electrons. The highest BCUT2D eigenvalue weighted by molar-refractivity contribution is 5.92. The van der Waals surface area contributed by atoms with Crippen molar-refractivity contribution in [3.05, 3.63) is 108 Å². The van der Waals surface area contributed by atoms with Crippen LogP contribution >= 0.6 is 0 Å². The second kappa shape index (κ2) is 8.29. The molecular weight excluding hydrogens is 374 g/mol. The number of hydrogen-bond acceptors (Lipinski definition) is 2. The van der Waals surface area contributed by atoms with E-state index in [1.165, 1.54) is 11.6 Å². The smallest absolute Gasteiger partial charge is 0.328 e. The van der Waals surface area contributed by atoms with E-state index in [9.17, 15) is 4.79 Å². The largest absolute Gasteiger partial charge is 0.497 e. The quantitative estimate of drug-likeness (QED) is 0.420. The molecule has 0 amide bonds. The molecule has 0 spiro atoms. The van der Waals surface area contributed by atoms with Crippen molar-refractivity contribution in [2.75, 3.05) is 7.11 Å². The Balaban J connectivity index is 1.83. The highest BCUT2D eigenvalue weighted by atomic mass is 16.5. The Hall–Kier alpha value is -3.79. The van der Waals surface area contributed by atoms with Crippen LogP contribution in [0.5, 0.6) is 5.75 Å². The summed E-state index contributed by atoms with van der Waals surface area (Å²) in [5.41, 5.74) is 5.07. The number of carboxylic acid groups (broad SMARTS) is 1. The lowest BCUT2D eigenvalue weighted by molar-refractivity contribution is -0.131. The summed E-state index contributed by atoms with van der Waals surface area (Å²) in [5, 5.41) is 10.1. The zero-order valence-corrected chi connectivity index (χ0v) is 16.9. The van der Waals surface area contributed by atoms with E-state index < -0.39 is 5.97 Å². The number of aliphatic carboxylic acids is 1. The fourth-order valence-corrected chi connectivity index (χ4v) is 3.84. The van der Waals surface area contributed by atoms with Crippen LogP contribution in [-0.4, -0.2) is 22.8 Å². The highest BCUT2D eigenvalue weighted by Crippen LogP contribution is 2.32. The topological polar surface area (TPSA) is 51.5 Å². The molecule has 4 nitrogen and oxygen atoms in total. The molecular formula is C26H23NO3. The standard InChI is InChI=1S/C26H23NO3/c1-18(16-25(28)29)21-10-13-24-22(17-21)14-15-27(24)26(19-6-4-3-5-7-19)20-8-11-23(30-2)12-9-20/h3-17,26H,1-2H3,(H,28,29)/b18-16+. The molecule has 1 heterocycles. The number of hydrogen-bond donors (Lipinski definition) is 1. The van der Waals surface area contributed by atoms with Gasteiger partial charge in [-0.3, -0.25) is 0 Å². The van der Waals surface area contributed by atoms with Gasteiger partial charge in [0.25, 0.3) is 0 Å². The maximum Gasteiger partial charge on any atom is 0.328 e. The molecule has 4 aromatic rings. The van der Waals surface area contributed by atoms with Crippen LogP contribution < -0.4 is 4.74 Å². The lowest BCUT2D eigenvalue weighted by atomic mass is 9.98. The molecule has 0 fully saturated rings. The van der Waals surface area contributed by atoms with Gasteiger partial charge in [-0.25, -0.2) is 4.79 Å². The molecule has 0 saturated carbocycles. The molecule has 1 N–H and O–H groups in total. The van der Waals surface area contributed by atoms with Crippen molar-refractivity contribution in [2.24, 2.45) is 0 Å². The van der Waals surface area contributed by atoms with Crippen molar-refractivity contribution in [2.45, 2.75) is 13.0 Å². The van der Waals surface area contributed by atoms with Crippen molar-refractivity contribution in [3.8, 4) is 5.75 Å². The van der Waals surface area contributed by atoms with Crippen molar-refractivity contribution >= 4 is 22.4 Å². The molecule has 4 heteroatoms. The SMILES string of the molecule is COc1ccc(C(c2ccccc2)n2ccc3cc(/C(C)=C/C(=O)O)ccc32)cc1. The van der Waals surface area contributed by atoms with Crippen LogP contribution in [-0.2, 0) is 4.79 Å². The Morgan fingerprint density at radius 1 is 0.967 bits per heavy atom. The number of aromatic nitrogens is 1. The minimum Gasteiger partial charge on any atom is -0.497 e. The zero-order chi connectivity index (χ0) is 21.1. The summed E-state index contributed by atoms with van der Waals surface area (Å²) in [6.07, 6.45) is 3.33. The van der Waals surface area contributed by atoms with Gasteiger partial charge in [-0.2, -0.15) is 0 Å². The van der Waals surface area contributed by atoms with Crippen molar-refractivity contribution in [1.29, 1.82) is 0 Å². The third-order valence-electron chi connectivity index (χ3n) is 5.34. The van der Waals surface area contributed by atoms with E-state index in [2.05, 4.69) is 59.3 Å². The number of ether oxygens (including phenoxy) is 1. The molecule has 3 aromatic carbocycles. The normalized spacial score (nSPS) is 12.7. The lowest BCUT2D eigenvalue weighted by Gasteiger charge is -2.22. The fourth-order valence-electron chi connectivity index (χ4n) is 3.84. The Labute approximate surface area is 175 Å². The molecule has 1 atom stereocenters. The third-order valence-corrected chi connectivity index (χ3v) is 5.34. The van der Waals surface area contributed by atoms with E-state index in [1.807, 2.05) is 37.3 Å². The van der Waals surface area contributed by atoms with Gasteiger partial charge >= 0.3 is 5.97 Å². The van der Waals surface area contributed by atoms with Gasteiger partial charge < -0.3 is 14.4 Å². The Morgan fingerprint density at radius 2 is 1.67 bits per heavy atom. The second-order valence-corrected chi connectivity index (χ2v) is 7.25. The summed E-state index contributed by atoms with van der Waals surface area (Å²) in [6.45, 7) is 1.82. The van der Waals surface area contributed by atoms with Crippen LogP contribution in [0.1, 0.15) is 29.7 Å². The van der Waals surface area contributed by atoms with E-state index in [-0.39, 0.29) is 6.04 Å². The van der Waals surface area contributed by atoms with Crippen molar-refractivity contribution < 1.29 is 14.6 Å². The fraction of sp³-hybridized carbons (Fsp3) is 0.115. The number of allylic oxidation sites excluding steroid dienone is 1. The summed E-state index contributed by atoms with van der Waals surface area (Å²) < 4.78 is 7.58. The van der Waals surface area contributed by atoms with Gasteiger partial charge in [-0.1, -0.05) is 48.5 Å². The van der Waals surface area contributed by atoms with Gasteiger partial charge in [0.2, 0.25) is 0 Å². The molecule has 1 aromatic heterocycles. The Morgan fingerprint density at radius 3 is 2.33 bits per heavy atom. The first-order valence-electron chi connectivity index (χ1n) is 9.78. The predicted molar refractivity (Wildman–Crippen MR) is 120 cm³/mol.